The van der Waals surface area contributed by atoms with Gasteiger partial charge in [-0.1, -0.05) is 18.2 Å². The van der Waals surface area contributed by atoms with E-state index >= 15 is 0 Å². The second kappa shape index (κ2) is 5.71. The molecule has 1 N–H and O–H groups in total. The maximum Gasteiger partial charge on any atom is 0.129 e. The minimum atomic E-state index is -1.06. The average molecular weight is 262 g/mol. The summed E-state index contributed by atoms with van der Waals surface area (Å²) in [5, 5.41) is 10.3. The second-order valence-corrected chi connectivity index (χ2v) is 4.07. The van der Waals surface area contributed by atoms with Gasteiger partial charge in [-0.05, 0) is 23.8 Å². The molecule has 100 valence electrons. The van der Waals surface area contributed by atoms with Crippen LogP contribution in [-0.4, -0.2) is 19.3 Å². The number of aliphatic hydroxyl groups is 1. The molecule has 0 amide bonds. The van der Waals surface area contributed by atoms with Gasteiger partial charge in [-0.15, -0.1) is 0 Å². The van der Waals surface area contributed by atoms with Crippen LogP contribution in [0.4, 0.5) is 4.39 Å². The van der Waals surface area contributed by atoms with Gasteiger partial charge < -0.3 is 14.6 Å². The van der Waals surface area contributed by atoms with Crippen LogP contribution in [0.2, 0.25) is 0 Å². The molecule has 0 aliphatic carbocycles. The third-order valence-corrected chi connectivity index (χ3v) is 2.89. The largest absolute Gasteiger partial charge is 0.497 e. The molecule has 0 saturated carbocycles. The first-order valence-electron chi connectivity index (χ1n) is 5.81. The second-order valence-electron chi connectivity index (χ2n) is 4.07. The Labute approximate surface area is 111 Å². The fourth-order valence-electron chi connectivity index (χ4n) is 1.86. The van der Waals surface area contributed by atoms with E-state index in [-0.39, 0.29) is 5.56 Å². The minimum absolute atomic E-state index is 0.220. The third kappa shape index (κ3) is 2.85. The topological polar surface area (TPSA) is 38.7 Å². The fraction of sp³-hybridized carbons (Fsp3) is 0.200. The molecule has 2 aromatic rings. The summed E-state index contributed by atoms with van der Waals surface area (Å²) < 4.78 is 23.9. The molecule has 0 aliphatic heterocycles. The van der Waals surface area contributed by atoms with Crippen LogP contribution in [-0.2, 0) is 0 Å². The number of ether oxygens (including phenoxy) is 2. The molecule has 0 spiro atoms. The lowest BCUT2D eigenvalue weighted by Crippen LogP contribution is -2.03. The van der Waals surface area contributed by atoms with E-state index < -0.39 is 11.9 Å². The van der Waals surface area contributed by atoms with Gasteiger partial charge >= 0.3 is 0 Å². The van der Waals surface area contributed by atoms with E-state index in [0.29, 0.717) is 17.1 Å². The number of hydrogen-bond donors (Lipinski definition) is 1. The van der Waals surface area contributed by atoms with Crippen molar-refractivity contribution in [2.45, 2.75) is 6.10 Å². The van der Waals surface area contributed by atoms with Crippen LogP contribution in [0.5, 0.6) is 11.5 Å². The van der Waals surface area contributed by atoms with E-state index in [1.54, 1.807) is 36.4 Å². The van der Waals surface area contributed by atoms with E-state index in [0.717, 1.165) is 0 Å². The van der Waals surface area contributed by atoms with Crippen molar-refractivity contribution >= 4 is 0 Å². The summed E-state index contributed by atoms with van der Waals surface area (Å²) in [5.41, 5.74) is 0.735. The SMILES string of the molecule is COc1cc(OC)cc(C(O)c2ccccc2F)c1. The lowest BCUT2D eigenvalue weighted by molar-refractivity contribution is 0.214. The molecular weight excluding hydrogens is 247 g/mol. The van der Waals surface area contributed by atoms with Crippen LogP contribution in [0.15, 0.2) is 42.5 Å². The summed E-state index contributed by atoms with van der Waals surface area (Å²) in [5.74, 6) is 0.645. The van der Waals surface area contributed by atoms with Crippen molar-refractivity contribution in [2.24, 2.45) is 0 Å². The van der Waals surface area contributed by atoms with Gasteiger partial charge in [0.05, 0.1) is 14.2 Å². The van der Waals surface area contributed by atoms with E-state index in [1.165, 1.54) is 20.3 Å². The highest BCUT2D eigenvalue weighted by molar-refractivity contribution is 5.42. The molecule has 0 radical (unpaired) electrons. The Morgan fingerprint density at radius 3 is 2.11 bits per heavy atom. The first-order valence-corrected chi connectivity index (χ1v) is 5.81. The number of aliphatic hydroxyl groups excluding tert-OH is 1. The maximum atomic E-state index is 13.7. The fourth-order valence-corrected chi connectivity index (χ4v) is 1.86. The highest BCUT2D eigenvalue weighted by Gasteiger charge is 2.16. The summed E-state index contributed by atoms with van der Waals surface area (Å²) in [6.45, 7) is 0. The van der Waals surface area contributed by atoms with Crippen molar-refractivity contribution in [3.8, 4) is 11.5 Å². The highest BCUT2D eigenvalue weighted by atomic mass is 19.1. The van der Waals surface area contributed by atoms with Crippen molar-refractivity contribution in [2.75, 3.05) is 14.2 Å². The van der Waals surface area contributed by atoms with Gasteiger partial charge in [-0.3, -0.25) is 0 Å². The average Bonchev–Trinajstić information content (AvgIpc) is 2.46. The summed E-state index contributed by atoms with van der Waals surface area (Å²) >= 11 is 0. The van der Waals surface area contributed by atoms with Crippen LogP contribution in [0, 0.1) is 5.82 Å². The lowest BCUT2D eigenvalue weighted by atomic mass is 10.0. The molecule has 2 aromatic carbocycles. The summed E-state index contributed by atoms with van der Waals surface area (Å²) in [7, 11) is 3.04. The van der Waals surface area contributed by atoms with Crippen molar-refractivity contribution in [3.63, 3.8) is 0 Å². The Hall–Kier alpha value is -2.07. The Morgan fingerprint density at radius 2 is 1.58 bits per heavy atom. The first kappa shape index (κ1) is 13.4. The van der Waals surface area contributed by atoms with Crippen LogP contribution < -0.4 is 9.47 Å². The molecule has 2 rings (SSSR count). The number of hydrogen-bond acceptors (Lipinski definition) is 3. The predicted molar refractivity (Wildman–Crippen MR) is 70.0 cm³/mol. The zero-order valence-electron chi connectivity index (χ0n) is 10.8. The monoisotopic (exact) mass is 262 g/mol. The van der Waals surface area contributed by atoms with E-state index in [9.17, 15) is 9.50 Å². The Balaban J connectivity index is 2.43. The highest BCUT2D eigenvalue weighted by Crippen LogP contribution is 2.30. The van der Waals surface area contributed by atoms with Gasteiger partial charge in [0, 0.05) is 11.6 Å². The molecule has 4 heteroatoms. The minimum Gasteiger partial charge on any atom is -0.497 e. The van der Waals surface area contributed by atoms with Crippen LogP contribution in [0.3, 0.4) is 0 Å². The molecule has 1 unspecified atom stereocenters. The molecule has 0 heterocycles. The Morgan fingerprint density at radius 1 is 1.00 bits per heavy atom. The molecule has 1 atom stereocenters. The zero-order valence-corrected chi connectivity index (χ0v) is 10.8. The van der Waals surface area contributed by atoms with E-state index in [4.69, 9.17) is 9.47 Å². The molecular formula is C15H15FO3. The van der Waals surface area contributed by atoms with E-state index in [2.05, 4.69) is 0 Å². The number of methoxy groups -OCH3 is 2. The Bertz CT molecular complexity index is 547. The van der Waals surface area contributed by atoms with Crippen LogP contribution in [0.25, 0.3) is 0 Å². The third-order valence-electron chi connectivity index (χ3n) is 2.89. The molecule has 0 saturated heterocycles. The smallest absolute Gasteiger partial charge is 0.129 e. The van der Waals surface area contributed by atoms with Gasteiger partial charge in [-0.25, -0.2) is 4.39 Å². The molecule has 3 nitrogen and oxygen atoms in total. The van der Waals surface area contributed by atoms with Crippen LogP contribution >= 0.6 is 0 Å². The summed E-state index contributed by atoms with van der Waals surface area (Å²) in [6, 6.07) is 11.1. The van der Waals surface area contributed by atoms with Crippen LogP contribution in [0.1, 0.15) is 17.2 Å². The van der Waals surface area contributed by atoms with Gasteiger partial charge in [0.1, 0.15) is 23.4 Å². The van der Waals surface area contributed by atoms with Crippen molar-refractivity contribution in [1.29, 1.82) is 0 Å². The molecule has 0 aliphatic rings. The quantitative estimate of drug-likeness (QED) is 0.920. The zero-order chi connectivity index (χ0) is 13.8. The molecule has 19 heavy (non-hydrogen) atoms. The van der Waals surface area contributed by atoms with Crippen molar-refractivity contribution < 1.29 is 19.0 Å². The van der Waals surface area contributed by atoms with Gasteiger partial charge in [0.15, 0.2) is 0 Å². The first-order chi connectivity index (χ1) is 9.15. The molecule has 0 aromatic heterocycles. The van der Waals surface area contributed by atoms with Gasteiger partial charge in [-0.2, -0.15) is 0 Å². The van der Waals surface area contributed by atoms with Gasteiger partial charge in [0.2, 0.25) is 0 Å². The maximum absolute atomic E-state index is 13.7. The number of rotatable bonds is 4. The normalized spacial score (nSPS) is 12.0. The van der Waals surface area contributed by atoms with Crippen molar-refractivity contribution in [1.82, 2.24) is 0 Å². The summed E-state index contributed by atoms with van der Waals surface area (Å²) in [4.78, 5) is 0. The predicted octanol–water partition coefficient (Wildman–Crippen LogP) is 2.92. The molecule has 0 fully saturated rings. The van der Waals surface area contributed by atoms with Crippen molar-refractivity contribution in [3.05, 3.63) is 59.4 Å². The summed E-state index contributed by atoms with van der Waals surface area (Å²) in [6.07, 6.45) is -1.06. The number of benzene rings is 2. The molecule has 0 bridgehead atoms. The van der Waals surface area contributed by atoms with E-state index in [1.807, 2.05) is 0 Å². The number of halogens is 1. The van der Waals surface area contributed by atoms with Gasteiger partial charge in [0.25, 0.3) is 0 Å². The lowest BCUT2D eigenvalue weighted by Gasteiger charge is -2.14. The Kier molecular flexibility index (Phi) is 4.02. The standard InChI is InChI=1S/C15H15FO3/c1-18-11-7-10(8-12(9-11)19-2)15(17)13-5-3-4-6-14(13)16/h3-9,15,17H,1-2H3.